The summed E-state index contributed by atoms with van der Waals surface area (Å²) >= 11 is 8.85. The largest absolute Gasteiger partial charge is 0.293 e. The average Bonchev–Trinajstić information content (AvgIpc) is 2.72. The van der Waals surface area contributed by atoms with Gasteiger partial charge in [-0.1, -0.05) is 16.1 Å². The van der Waals surface area contributed by atoms with Gasteiger partial charge in [0.25, 0.3) is 5.56 Å². The van der Waals surface area contributed by atoms with E-state index in [1.165, 1.54) is 22.4 Å². The molecular weight excluding hydrogens is 351 g/mol. The Labute approximate surface area is 107 Å². The van der Waals surface area contributed by atoms with Crippen LogP contribution in [0.5, 0.6) is 0 Å². The number of hydrogen-bond donors (Lipinski definition) is 0. The van der Waals surface area contributed by atoms with Crippen molar-refractivity contribution in [1.29, 1.82) is 0 Å². The van der Waals surface area contributed by atoms with Gasteiger partial charge in [-0.2, -0.15) is 0 Å². The molecule has 8 heteroatoms. The van der Waals surface area contributed by atoms with Crippen molar-refractivity contribution in [2.75, 3.05) is 0 Å². The van der Waals surface area contributed by atoms with Crippen LogP contribution in [-0.4, -0.2) is 19.1 Å². The third kappa shape index (κ3) is 2.34. The summed E-state index contributed by atoms with van der Waals surface area (Å²) in [5, 5.41) is 3.93. The minimum Gasteiger partial charge on any atom is -0.293 e. The molecule has 0 saturated heterocycles. The van der Waals surface area contributed by atoms with Crippen molar-refractivity contribution in [2.45, 2.75) is 6.54 Å². The van der Waals surface area contributed by atoms with Crippen molar-refractivity contribution in [3.8, 4) is 0 Å². The molecule has 0 aliphatic rings. The third-order valence-corrected chi connectivity index (χ3v) is 3.90. The fourth-order valence-electron chi connectivity index (χ4n) is 0.982. The van der Waals surface area contributed by atoms with Crippen LogP contribution in [0.4, 0.5) is 0 Å². The quantitative estimate of drug-likeness (QED) is 0.604. The number of hydrogen-bond acceptors (Lipinski definition) is 5. The highest BCUT2D eigenvalue weighted by molar-refractivity contribution is 14.1. The molecule has 0 amide bonds. The Hall–Kier alpha value is -0.540. The first kappa shape index (κ1) is 11.0. The van der Waals surface area contributed by atoms with E-state index in [9.17, 15) is 4.79 Å². The van der Waals surface area contributed by atoms with Gasteiger partial charge in [0.2, 0.25) is 0 Å². The van der Waals surface area contributed by atoms with Gasteiger partial charge < -0.3 is 0 Å². The molecule has 0 aromatic carbocycles. The Bertz CT molecular complexity index is 526. The lowest BCUT2D eigenvalue weighted by atomic mass is 10.5. The predicted octanol–water partition coefficient (Wildman–Crippen LogP) is 1.40. The molecule has 0 radical (unpaired) electrons. The van der Waals surface area contributed by atoms with Crippen molar-refractivity contribution in [3.05, 3.63) is 36.5 Å². The summed E-state index contributed by atoms with van der Waals surface area (Å²) < 4.78 is 5.62. The number of halogens is 2. The van der Waals surface area contributed by atoms with Gasteiger partial charge in [-0.15, -0.1) is 5.10 Å². The second-order valence-electron chi connectivity index (χ2n) is 2.67. The van der Waals surface area contributed by atoms with Crippen molar-refractivity contribution in [2.24, 2.45) is 0 Å². The first-order valence-electron chi connectivity index (χ1n) is 3.85. The molecular formula is C7H4ClIN4OS. The summed E-state index contributed by atoms with van der Waals surface area (Å²) in [7, 11) is 0. The van der Waals surface area contributed by atoms with Gasteiger partial charge >= 0.3 is 0 Å². The van der Waals surface area contributed by atoms with Crippen molar-refractivity contribution in [3.63, 3.8) is 0 Å². The second-order valence-corrected chi connectivity index (χ2v) is 4.97. The first-order chi connectivity index (χ1) is 7.18. The lowest BCUT2D eigenvalue weighted by molar-refractivity contribution is 0.738. The fourth-order valence-corrected chi connectivity index (χ4v) is 2.05. The zero-order valence-electron chi connectivity index (χ0n) is 7.22. The van der Waals surface area contributed by atoms with Crippen LogP contribution >= 0.6 is 45.7 Å². The molecule has 5 nitrogen and oxygen atoms in total. The Kier molecular flexibility index (Phi) is 3.32. The molecule has 0 aliphatic carbocycles. The highest BCUT2D eigenvalue weighted by atomic mass is 127. The maximum atomic E-state index is 11.7. The van der Waals surface area contributed by atoms with Gasteiger partial charge in [-0.3, -0.25) is 9.36 Å². The molecule has 0 spiro atoms. The van der Waals surface area contributed by atoms with E-state index in [1.807, 2.05) is 22.6 Å². The summed E-state index contributed by atoms with van der Waals surface area (Å²) in [6.07, 6.45) is 3.05. The van der Waals surface area contributed by atoms with Crippen LogP contribution < -0.4 is 5.56 Å². The highest BCUT2D eigenvalue weighted by Crippen LogP contribution is 2.10. The lowest BCUT2D eigenvalue weighted by Gasteiger charge is -2.03. The molecule has 0 aliphatic heterocycles. The van der Waals surface area contributed by atoms with Crippen molar-refractivity contribution < 1.29 is 0 Å². The molecule has 0 saturated carbocycles. The maximum absolute atomic E-state index is 11.7. The second kappa shape index (κ2) is 4.54. The summed E-state index contributed by atoms with van der Waals surface area (Å²) in [4.78, 5) is 16.5. The maximum Gasteiger partial charge on any atom is 0.268 e. The molecule has 2 aromatic rings. The monoisotopic (exact) mass is 354 g/mol. The van der Waals surface area contributed by atoms with Crippen LogP contribution in [0.3, 0.4) is 0 Å². The molecule has 0 N–H and O–H groups in total. The molecule has 0 fully saturated rings. The van der Waals surface area contributed by atoms with Crippen LogP contribution in [0.25, 0.3) is 0 Å². The molecule has 78 valence electrons. The first-order valence-corrected chi connectivity index (χ1v) is 6.08. The van der Waals surface area contributed by atoms with E-state index >= 15 is 0 Å². The van der Waals surface area contributed by atoms with Gasteiger partial charge in [-0.25, -0.2) is 4.98 Å². The zero-order valence-corrected chi connectivity index (χ0v) is 11.0. The summed E-state index contributed by atoms with van der Waals surface area (Å²) in [6.45, 7) is 0.427. The number of nitrogens with zero attached hydrogens (tertiary/aromatic N) is 4. The average molecular weight is 355 g/mol. The van der Waals surface area contributed by atoms with Crippen LogP contribution in [0.15, 0.2) is 17.3 Å². The molecule has 0 unspecified atom stereocenters. The predicted molar refractivity (Wildman–Crippen MR) is 65.2 cm³/mol. The Morgan fingerprint density at radius 3 is 3.07 bits per heavy atom. The summed E-state index contributed by atoms with van der Waals surface area (Å²) in [6, 6.07) is 0. The van der Waals surface area contributed by atoms with Crippen LogP contribution in [0.1, 0.15) is 4.88 Å². The topological polar surface area (TPSA) is 60.7 Å². The smallest absolute Gasteiger partial charge is 0.268 e. The molecule has 0 bridgehead atoms. The van der Waals surface area contributed by atoms with E-state index in [0.717, 1.165) is 4.88 Å². The lowest BCUT2D eigenvalue weighted by Crippen LogP contribution is -2.23. The van der Waals surface area contributed by atoms with Crippen LogP contribution in [0.2, 0.25) is 5.15 Å². The number of aromatic nitrogens is 4. The van der Waals surface area contributed by atoms with Gasteiger partial charge in [0.1, 0.15) is 8.72 Å². The molecule has 15 heavy (non-hydrogen) atoms. The zero-order chi connectivity index (χ0) is 10.8. The van der Waals surface area contributed by atoms with Crippen molar-refractivity contribution in [1.82, 2.24) is 19.1 Å². The minimum atomic E-state index is -0.149. The normalized spacial score (nSPS) is 10.5. The molecule has 2 aromatic heterocycles. The highest BCUT2D eigenvalue weighted by Gasteiger charge is 2.07. The van der Waals surface area contributed by atoms with E-state index in [0.29, 0.717) is 10.1 Å². The Balaban J connectivity index is 2.38. The minimum absolute atomic E-state index is 0.149. The van der Waals surface area contributed by atoms with E-state index in [-0.39, 0.29) is 10.7 Å². The summed E-state index contributed by atoms with van der Waals surface area (Å²) in [5.74, 6) is 0. The van der Waals surface area contributed by atoms with Crippen LogP contribution in [-0.2, 0) is 6.54 Å². The molecule has 0 atom stereocenters. The van der Waals surface area contributed by atoms with Gasteiger partial charge in [-0.05, 0) is 34.1 Å². The standard InChI is InChI=1S/C7H4ClIN4OS/c8-6-5(9)7(14)13(3-10-6)2-4-1-11-12-15-4/h1,3H,2H2. The fraction of sp³-hybridized carbons (Fsp3) is 0.143. The van der Waals surface area contributed by atoms with Gasteiger partial charge in [0.15, 0.2) is 0 Å². The Morgan fingerprint density at radius 2 is 2.40 bits per heavy atom. The van der Waals surface area contributed by atoms with E-state index in [2.05, 4.69) is 14.6 Å². The molecule has 2 heterocycles. The van der Waals surface area contributed by atoms with Crippen LogP contribution in [0, 0.1) is 3.57 Å². The van der Waals surface area contributed by atoms with E-state index in [1.54, 1.807) is 6.20 Å². The van der Waals surface area contributed by atoms with Crippen molar-refractivity contribution >= 4 is 45.7 Å². The Morgan fingerprint density at radius 1 is 1.60 bits per heavy atom. The van der Waals surface area contributed by atoms with E-state index in [4.69, 9.17) is 11.6 Å². The van der Waals surface area contributed by atoms with Gasteiger partial charge in [0, 0.05) is 0 Å². The molecule has 2 rings (SSSR count). The van der Waals surface area contributed by atoms with E-state index < -0.39 is 0 Å². The third-order valence-electron chi connectivity index (χ3n) is 1.67. The number of rotatable bonds is 2. The van der Waals surface area contributed by atoms with Gasteiger partial charge in [0.05, 0.1) is 23.9 Å². The summed E-state index contributed by atoms with van der Waals surface area (Å²) in [5.41, 5.74) is -0.149. The SMILES string of the molecule is O=c1c(I)c(Cl)ncn1Cc1cnns1.